The molecule has 1 heterocycles. The molecule has 2 rings (SSSR count). The molecule has 1 saturated heterocycles. The molecule has 1 amide bonds. The van der Waals surface area contributed by atoms with Crippen LogP contribution in [0, 0.1) is 0 Å². The molecular formula is C19H31N5O2. The van der Waals surface area contributed by atoms with Gasteiger partial charge in [0.1, 0.15) is 5.60 Å². The van der Waals surface area contributed by atoms with E-state index in [1.54, 1.807) is 11.9 Å². The fourth-order valence-electron chi connectivity index (χ4n) is 2.53. The summed E-state index contributed by atoms with van der Waals surface area (Å²) < 4.78 is 5.36. The van der Waals surface area contributed by atoms with E-state index in [9.17, 15) is 4.79 Å². The number of nitrogens with one attached hydrogen (secondary N) is 2. The highest BCUT2D eigenvalue weighted by Crippen LogP contribution is 2.15. The average molecular weight is 361 g/mol. The Morgan fingerprint density at radius 3 is 2.38 bits per heavy atom. The van der Waals surface area contributed by atoms with Gasteiger partial charge in [0.15, 0.2) is 5.96 Å². The van der Waals surface area contributed by atoms with Crippen molar-refractivity contribution in [2.75, 3.05) is 39.1 Å². The van der Waals surface area contributed by atoms with Crippen LogP contribution in [0.25, 0.3) is 0 Å². The number of carbonyl (C=O) groups is 1. The predicted octanol–water partition coefficient (Wildman–Crippen LogP) is 2.04. The fourth-order valence-corrected chi connectivity index (χ4v) is 2.53. The van der Waals surface area contributed by atoms with E-state index in [-0.39, 0.29) is 12.1 Å². The Morgan fingerprint density at radius 1 is 1.27 bits per heavy atom. The van der Waals surface area contributed by atoms with Gasteiger partial charge >= 0.3 is 6.09 Å². The lowest BCUT2D eigenvalue weighted by molar-refractivity contribution is 0.00701. The number of likely N-dealkylation sites (tertiary alicyclic amines) is 1. The van der Waals surface area contributed by atoms with Crippen LogP contribution in [-0.4, -0.2) is 62.8 Å². The van der Waals surface area contributed by atoms with Gasteiger partial charge in [-0.15, -0.1) is 0 Å². The molecule has 26 heavy (non-hydrogen) atoms. The van der Waals surface area contributed by atoms with Gasteiger partial charge in [0.2, 0.25) is 0 Å². The van der Waals surface area contributed by atoms with Crippen molar-refractivity contribution in [1.82, 2.24) is 15.5 Å². The summed E-state index contributed by atoms with van der Waals surface area (Å²) in [5.74, 6) is 0.732. The largest absolute Gasteiger partial charge is 0.444 e. The van der Waals surface area contributed by atoms with E-state index in [1.165, 1.54) is 11.3 Å². The van der Waals surface area contributed by atoms with Gasteiger partial charge in [-0.3, -0.25) is 4.99 Å². The molecule has 2 N–H and O–H groups in total. The number of anilines is 1. The molecule has 7 heteroatoms. The van der Waals surface area contributed by atoms with Crippen molar-refractivity contribution >= 4 is 17.7 Å². The molecule has 0 unspecified atom stereocenters. The van der Waals surface area contributed by atoms with Gasteiger partial charge in [-0.2, -0.15) is 0 Å². The number of nitrogens with zero attached hydrogens (tertiary/aromatic N) is 3. The number of hydrogen-bond acceptors (Lipinski definition) is 4. The molecule has 144 valence electrons. The third-order valence-electron chi connectivity index (χ3n) is 4.01. The predicted molar refractivity (Wildman–Crippen MR) is 106 cm³/mol. The quantitative estimate of drug-likeness (QED) is 0.634. The van der Waals surface area contributed by atoms with Crippen LogP contribution in [0.5, 0.6) is 0 Å². The minimum Gasteiger partial charge on any atom is -0.444 e. The Morgan fingerprint density at radius 2 is 1.88 bits per heavy atom. The van der Waals surface area contributed by atoms with Crippen molar-refractivity contribution in [3.63, 3.8) is 0 Å². The molecule has 0 aliphatic carbocycles. The zero-order chi connectivity index (χ0) is 19.3. The summed E-state index contributed by atoms with van der Waals surface area (Å²) in [6.45, 7) is 7.54. The third kappa shape index (κ3) is 5.82. The maximum absolute atomic E-state index is 12.0. The summed E-state index contributed by atoms with van der Waals surface area (Å²) in [4.78, 5) is 20.0. The molecule has 1 aromatic rings. The van der Waals surface area contributed by atoms with Crippen molar-refractivity contribution in [2.45, 2.75) is 39.0 Å². The summed E-state index contributed by atoms with van der Waals surface area (Å²) in [7, 11) is 5.80. The van der Waals surface area contributed by atoms with Crippen LogP contribution in [0.1, 0.15) is 26.3 Å². The first kappa shape index (κ1) is 19.9. The summed E-state index contributed by atoms with van der Waals surface area (Å²) >= 11 is 0. The van der Waals surface area contributed by atoms with Crippen molar-refractivity contribution in [3.8, 4) is 0 Å². The maximum atomic E-state index is 12.0. The van der Waals surface area contributed by atoms with E-state index in [0.717, 1.165) is 5.96 Å². The molecule has 0 aromatic heterocycles. The van der Waals surface area contributed by atoms with Gasteiger partial charge < -0.3 is 25.2 Å². The highest BCUT2D eigenvalue weighted by Gasteiger charge is 2.34. The van der Waals surface area contributed by atoms with Crippen LogP contribution in [0.2, 0.25) is 0 Å². The van der Waals surface area contributed by atoms with E-state index >= 15 is 0 Å². The topological polar surface area (TPSA) is 69.2 Å². The van der Waals surface area contributed by atoms with E-state index in [4.69, 9.17) is 4.74 Å². The van der Waals surface area contributed by atoms with Crippen molar-refractivity contribution in [2.24, 2.45) is 4.99 Å². The molecule has 0 radical (unpaired) electrons. The highest BCUT2D eigenvalue weighted by molar-refractivity contribution is 5.80. The number of amides is 1. The molecule has 0 saturated carbocycles. The van der Waals surface area contributed by atoms with E-state index in [0.29, 0.717) is 19.6 Å². The van der Waals surface area contributed by atoms with Crippen LogP contribution < -0.4 is 15.5 Å². The molecule has 1 aromatic carbocycles. The van der Waals surface area contributed by atoms with Gasteiger partial charge in [0.05, 0.1) is 6.04 Å². The number of aliphatic imine (C=N–C) groups is 1. The number of ether oxygens (including phenoxy) is 1. The van der Waals surface area contributed by atoms with E-state index < -0.39 is 5.60 Å². The minimum atomic E-state index is -0.463. The number of benzene rings is 1. The van der Waals surface area contributed by atoms with Crippen LogP contribution in [0.15, 0.2) is 29.3 Å². The zero-order valence-electron chi connectivity index (χ0n) is 16.7. The standard InChI is InChI=1S/C19H31N5O2/c1-19(2,3)26-18(25)24-12-15(13-24)22-17(20-4)21-11-14-7-9-16(10-8-14)23(5)6/h7-10,15H,11-13H2,1-6H3,(H2,20,21,22). The summed E-state index contributed by atoms with van der Waals surface area (Å²) in [5, 5.41) is 6.64. The van der Waals surface area contributed by atoms with Gasteiger partial charge in [0.25, 0.3) is 0 Å². The second kappa shape index (κ2) is 8.29. The van der Waals surface area contributed by atoms with Gasteiger partial charge in [-0.05, 0) is 38.5 Å². The van der Waals surface area contributed by atoms with E-state index in [1.807, 2.05) is 34.9 Å². The summed E-state index contributed by atoms with van der Waals surface area (Å²) in [6, 6.07) is 8.58. The molecular weight excluding hydrogens is 330 g/mol. The lowest BCUT2D eigenvalue weighted by Gasteiger charge is -2.40. The third-order valence-corrected chi connectivity index (χ3v) is 4.01. The molecule has 0 atom stereocenters. The Balaban J connectivity index is 1.75. The zero-order valence-corrected chi connectivity index (χ0v) is 16.7. The lowest BCUT2D eigenvalue weighted by Crippen LogP contribution is -2.63. The molecule has 1 aliphatic heterocycles. The SMILES string of the molecule is CN=C(NCc1ccc(N(C)C)cc1)NC1CN(C(=O)OC(C)(C)C)C1. The first-order chi connectivity index (χ1) is 12.2. The Bertz CT molecular complexity index is 628. The monoisotopic (exact) mass is 361 g/mol. The van der Waals surface area contributed by atoms with Gasteiger partial charge in [0, 0.05) is 46.5 Å². The lowest BCUT2D eigenvalue weighted by atomic mass is 10.1. The van der Waals surface area contributed by atoms with Crippen LogP contribution in [0.4, 0.5) is 10.5 Å². The van der Waals surface area contributed by atoms with Crippen molar-refractivity contribution in [3.05, 3.63) is 29.8 Å². The second-order valence-electron chi connectivity index (χ2n) is 7.71. The second-order valence-corrected chi connectivity index (χ2v) is 7.71. The van der Waals surface area contributed by atoms with Gasteiger partial charge in [-0.25, -0.2) is 4.79 Å². The number of hydrogen-bond donors (Lipinski definition) is 2. The first-order valence-electron chi connectivity index (χ1n) is 8.89. The van der Waals surface area contributed by atoms with Crippen LogP contribution >= 0.6 is 0 Å². The first-order valence-corrected chi connectivity index (χ1v) is 8.89. The number of rotatable bonds is 4. The average Bonchev–Trinajstić information content (AvgIpc) is 2.51. The molecule has 7 nitrogen and oxygen atoms in total. The highest BCUT2D eigenvalue weighted by atomic mass is 16.6. The number of carbonyl (C=O) groups excluding carboxylic acids is 1. The van der Waals surface area contributed by atoms with Crippen molar-refractivity contribution in [1.29, 1.82) is 0 Å². The Kier molecular flexibility index (Phi) is 6.34. The Hall–Kier alpha value is -2.44. The van der Waals surface area contributed by atoms with E-state index in [2.05, 4.69) is 44.8 Å². The summed E-state index contributed by atoms with van der Waals surface area (Å²) in [6.07, 6.45) is -0.264. The smallest absolute Gasteiger partial charge is 0.410 e. The number of guanidine groups is 1. The minimum absolute atomic E-state index is 0.185. The van der Waals surface area contributed by atoms with Gasteiger partial charge in [-0.1, -0.05) is 12.1 Å². The molecule has 1 fully saturated rings. The molecule has 0 bridgehead atoms. The van der Waals surface area contributed by atoms with Crippen molar-refractivity contribution < 1.29 is 9.53 Å². The fraction of sp³-hybridized carbons (Fsp3) is 0.579. The summed E-state index contributed by atoms with van der Waals surface area (Å²) in [5.41, 5.74) is 1.89. The van der Waals surface area contributed by atoms with Crippen LogP contribution in [0.3, 0.4) is 0 Å². The van der Waals surface area contributed by atoms with Crippen LogP contribution in [-0.2, 0) is 11.3 Å². The Labute approximate surface area is 156 Å². The maximum Gasteiger partial charge on any atom is 0.410 e. The molecule has 1 aliphatic rings. The molecule has 0 spiro atoms. The normalized spacial score (nSPS) is 15.3.